The first kappa shape index (κ1) is 16.5. The zero-order chi connectivity index (χ0) is 17.9. The Labute approximate surface area is 136 Å². The molecule has 2 aliphatic carbocycles. The maximum absolute atomic E-state index is 12.5. The van der Waals surface area contributed by atoms with Gasteiger partial charge in [-0.1, -0.05) is 6.07 Å². The Bertz CT molecular complexity index is 1120. The highest BCUT2D eigenvalue weighted by Crippen LogP contribution is 2.34. The molecular formula is C14H8O8S2. The molecule has 0 saturated heterocycles. The second-order valence-electron chi connectivity index (χ2n) is 5.06. The molecule has 0 unspecified atom stereocenters. The molecule has 124 valence electrons. The van der Waals surface area contributed by atoms with Gasteiger partial charge in [0, 0.05) is 22.8 Å². The van der Waals surface area contributed by atoms with Crippen molar-refractivity contribution >= 4 is 37.9 Å². The number of benzene rings is 1. The van der Waals surface area contributed by atoms with E-state index in [0.29, 0.717) is 6.08 Å². The fourth-order valence-electron chi connectivity index (χ4n) is 2.41. The molecule has 2 aliphatic rings. The quantitative estimate of drug-likeness (QED) is 0.730. The first-order chi connectivity index (χ1) is 11.0. The minimum absolute atomic E-state index is 0.0699. The van der Waals surface area contributed by atoms with Crippen LogP contribution in [0, 0.1) is 0 Å². The number of fused-ring (bicyclic) bond motifs is 2. The number of rotatable bonds is 2. The number of hydrogen-bond donors (Lipinski definition) is 2. The lowest BCUT2D eigenvalue weighted by atomic mass is 9.83. The summed E-state index contributed by atoms with van der Waals surface area (Å²) in [5, 5.41) is 0. The summed E-state index contributed by atoms with van der Waals surface area (Å²) in [7, 11) is -9.23. The van der Waals surface area contributed by atoms with Crippen molar-refractivity contribution in [2.24, 2.45) is 0 Å². The van der Waals surface area contributed by atoms with Gasteiger partial charge in [0.15, 0.2) is 11.6 Å². The molecule has 0 atom stereocenters. The van der Waals surface area contributed by atoms with Crippen LogP contribution in [0.15, 0.2) is 51.3 Å². The summed E-state index contributed by atoms with van der Waals surface area (Å²) in [6.45, 7) is 0. The van der Waals surface area contributed by atoms with E-state index in [9.17, 15) is 26.4 Å². The molecule has 8 nitrogen and oxygen atoms in total. The zero-order valence-corrected chi connectivity index (χ0v) is 13.3. The second kappa shape index (κ2) is 5.05. The van der Waals surface area contributed by atoms with E-state index in [4.69, 9.17) is 9.11 Å². The van der Waals surface area contributed by atoms with E-state index in [1.54, 1.807) is 0 Å². The molecule has 24 heavy (non-hydrogen) atoms. The number of ketones is 2. The van der Waals surface area contributed by atoms with Gasteiger partial charge in [0.1, 0.15) is 0 Å². The van der Waals surface area contributed by atoms with Gasteiger partial charge >= 0.3 is 0 Å². The Morgan fingerprint density at radius 3 is 2.04 bits per heavy atom. The summed E-state index contributed by atoms with van der Waals surface area (Å²) in [6.07, 6.45) is 2.83. The van der Waals surface area contributed by atoms with Crippen molar-refractivity contribution in [2.75, 3.05) is 0 Å². The number of carbonyl (C=O) groups is 2. The third kappa shape index (κ3) is 2.65. The second-order valence-corrected chi connectivity index (χ2v) is 7.90. The summed E-state index contributed by atoms with van der Waals surface area (Å²) in [6, 6.07) is 3.24. The van der Waals surface area contributed by atoms with Gasteiger partial charge < -0.3 is 0 Å². The van der Waals surface area contributed by atoms with E-state index in [2.05, 4.69) is 0 Å². The first-order valence-corrected chi connectivity index (χ1v) is 9.20. The third-order valence-corrected chi connectivity index (χ3v) is 5.21. The average molecular weight is 368 g/mol. The van der Waals surface area contributed by atoms with Crippen LogP contribution in [0.5, 0.6) is 0 Å². The molecule has 10 heteroatoms. The number of Topliss-reactive ketones (excluding diaryl/α,β-unsaturated/α-hetero) is 1. The first-order valence-electron chi connectivity index (χ1n) is 6.32. The number of carbonyl (C=O) groups excluding carboxylic acids is 2. The highest BCUT2D eigenvalue weighted by atomic mass is 32.2. The lowest BCUT2D eigenvalue weighted by Crippen LogP contribution is -2.21. The van der Waals surface area contributed by atoms with Gasteiger partial charge in [0.2, 0.25) is 0 Å². The molecule has 0 amide bonds. The Hall–Kier alpha value is -2.40. The van der Waals surface area contributed by atoms with E-state index < -0.39 is 41.6 Å². The van der Waals surface area contributed by atoms with E-state index in [-0.39, 0.29) is 22.3 Å². The van der Waals surface area contributed by atoms with Crippen molar-refractivity contribution in [3.8, 4) is 0 Å². The zero-order valence-electron chi connectivity index (χ0n) is 11.6. The highest BCUT2D eigenvalue weighted by molar-refractivity contribution is 7.90. The lowest BCUT2D eigenvalue weighted by molar-refractivity contribution is -0.111. The van der Waals surface area contributed by atoms with Gasteiger partial charge in [-0.2, -0.15) is 16.8 Å². The molecule has 0 aliphatic heterocycles. The van der Waals surface area contributed by atoms with Crippen LogP contribution in [-0.4, -0.2) is 37.5 Å². The Kier molecular flexibility index (Phi) is 3.46. The van der Waals surface area contributed by atoms with Gasteiger partial charge in [-0.25, -0.2) is 0 Å². The standard InChI is InChI=1S/C14H8O8S2/c15-13-6-9(24(20,21)22)5-12-11(13)3-7-1-2-8(23(17,18)19)4-10(7)14(12)16/h1-6H,(H,17,18,19)(H,20,21,22). The lowest BCUT2D eigenvalue weighted by Gasteiger charge is -2.20. The minimum atomic E-state index is -4.69. The van der Waals surface area contributed by atoms with Crippen LogP contribution < -0.4 is 0 Å². The van der Waals surface area contributed by atoms with Gasteiger partial charge in [0.05, 0.1) is 9.80 Å². The topological polar surface area (TPSA) is 143 Å². The van der Waals surface area contributed by atoms with E-state index in [1.807, 2.05) is 0 Å². The molecule has 0 saturated carbocycles. The van der Waals surface area contributed by atoms with Gasteiger partial charge in [0.25, 0.3) is 20.2 Å². The minimum Gasteiger partial charge on any atom is -0.289 e. The summed E-state index contributed by atoms with van der Waals surface area (Å²) >= 11 is 0. The van der Waals surface area contributed by atoms with Crippen LogP contribution in [0.25, 0.3) is 6.08 Å². The van der Waals surface area contributed by atoms with Crippen LogP contribution in [0.4, 0.5) is 0 Å². The van der Waals surface area contributed by atoms with Crippen LogP contribution in [-0.2, 0) is 25.0 Å². The average Bonchev–Trinajstić information content (AvgIpc) is 2.46. The highest BCUT2D eigenvalue weighted by Gasteiger charge is 2.33. The van der Waals surface area contributed by atoms with Crippen molar-refractivity contribution in [3.63, 3.8) is 0 Å². The van der Waals surface area contributed by atoms with Crippen LogP contribution in [0.2, 0.25) is 0 Å². The van der Waals surface area contributed by atoms with E-state index in [0.717, 1.165) is 18.2 Å². The van der Waals surface area contributed by atoms with Crippen molar-refractivity contribution in [3.05, 3.63) is 57.5 Å². The monoisotopic (exact) mass is 368 g/mol. The predicted octanol–water partition coefficient (Wildman–Crippen LogP) is 0.794. The van der Waals surface area contributed by atoms with Crippen molar-refractivity contribution in [1.82, 2.24) is 0 Å². The molecule has 0 heterocycles. The summed E-state index contributed by atoms with van der Waals surface area (Å²) < 4.78 is 62.8. The Morgan fingerprint density at radius 2 is 1.46 bits per heavy atom. The maximum atomic E-state index is 12.5. The largest absolute Gasteiger partial charge is 0.294 e. The maximum Gasteiger partial charge on any atom is 0.294 e. The Balaban J connectivity index is 2.24. The SMILES string of the molecule is O=C1C=C(S(=O)(=O)O)C=C2C(=O)c3cc(S(=O)(=O)O)ccc3C=C12. The van der Waals surface area contributed by atoms with Crippen LogP contribution in [0.1, 0.15) is 15.9 Å². The summed E-state index contributed by atoms with van der Waals surface area (Å²) in [4.78, 5) is 23.3. The van der Waals surface area contributed by atoms with Crippen LogP contribution >= 0.6 is 0 Å². The van der Waals surface area contributed by atoms with E-state index in [1.165, 1.54) is 12.1 Å². The fourth-order valence-corrected chi connectivity index (χ4v) is 3.44. The molecule has 1 aromatic carbocycles. The van der Waals surface area contributed by atoms with E-state index >= 15 is 0 Å². The number of allylic oxidation sites excluding steroid dienone is 4. The predicted molar refractivity (Wildman–Crippen MR) is 81.3 cm³/mol. The molecule has 0 bridgehead atoms. The van der Waals surface area contributed by atoms with Gasteiger partial charge in [-0.3, -0.25) is 18.7 Å². The third-order valence-electron chi connectivity index (χ3n) is 3.53. The Morgan fingerprint density at radius 1 is 0.792 bits per heavy atom. The molecule has 3 rings (SSSR count). The summed E-state index contributed by atoms with van der Waals surface area (Å²) in [5.74, 6) is -1.58. The van der Waals surface area contributed by atoms with Crippen molar-refractivity contribution in [2.45, 2.75) is 4.90 Å². The van der Waals surface area contributed by atoms with Crippen LogP contribution in [0.3, 0.4) is 0 Å². The molecule has 1 aromatic rings. The molecule has 2 N–H and O–H groups in total. The van der Waals surface area contributed by atoms with Gasteiger partial charge in [-0.05, 0) is 29.8 Å². The molecule has 0 fully saturated rings. The summed E-state index contributed by atoms with van der Waals surface area (Å²) in [5.41, 5.74) is -0.226. The number of hydrogen-bond acceptors (Lipinski definition) is 6. The molecule has 0 radical (unpaired) electrons. The smallest absolute Gasteiger partial charge is 0.289 e. The molecule has 0 aromatic heterocycles. The van der Waals surface area contributed by atoms with Gasteiger partial charge in [-0.15, -0.1) is 0 Å². The van der Waals surface area contributed by atoms with Crippen molar-refractivity contribution < 1.29 is 35.5 Å². The molecular weight excluding hydrogens is 360 g/mol. The molecule has 0 spiro atoms. The fraction of sp³-hybridized carbons (Fsp3) is 0. The van der Waals surface area contributed by atoms with Crippen molar-refractivity contribution in [1.29, 1.82) is 0 Å². The normalized spacial score (nSPS) is 17.5.